The fourth-order valence-corrected chi connectivity index (χ4v) is 4.59. The molecule has 0 aliphatic carbocycles. The van der Waals surface area contributed by atoms with Crippen LogP contribution in [-0.4, -0.2) is 63.6 Å². The zero-order chi connectivity index (χ0) is 19.6. The van der Waals surface area contributed by atoms with E-state index in [-0.39, 0.29) is 5.75 Å². The Morgan fingerprint density at radius 3 is 2.50 bits per heavy atom. The van der Waals surface area contributed by atoms with E-state index >= 15 is 0 Å². The van der Waals surface area contributed by atoms with Crippen LogP contribution in [0.25, 0.3) is 5.82 Å². The molecule has 0 atom stereocenters. The van der Waals surface area contributed by atoms with Gasteiger partial charge in [0.1, 0.15) is 30.6 Å². The summed E-state index contributed by atoms with van der Waals surface area (Å²) in [5, 5.41) is 4.05. The van der Waals surface area contributed by atoms with Gasteiger partial charge in [-0.2, -0.15) is 9.40 Å². The largest absolute Gasteiger partial charge is 0.354 e. The minimum Gasteiger partial charge on any atom is -0.354 e. The SMILES string of the molecule is O=S(=O)(Cc1cccc(F)c1)N1CCN(c2cc(-n3cncn3)ncn2)CC1. The second-order valence-electron chi connectivity index (χ2n) is 6.35. The number of piperazine rings is 1. The molecule has 4 rings (SSSR count). The average Bonchev–Trinajstić information content (AvgIpc) is 3.23. The number of sulfonamides is 1. The van der Waals surface area contributed by atoms with Crippen LogP contribution in [-0.2, 0) is 15.8 Å². The van der Waals surface area contributed by atoms with Gasteiger partial charge in [0.15, 0.2) is 5.82 Å². The number of hydrogen-bond acceptors (Lipinski definition) is 7. The van der Waals surface area contributed by atoms with Crippen LogP contribution in [0.15, 0.2) is 49.3 Å². The highest BCUT2D eigenvalue weighted by Crippen LogP contribution is 2.19. The number of rotatable bonds is 5. The Morgan fingerprint density at radius 2 is 1.79 bits per heavy atom. The fraction of sp³-hybridized carbons (Fsp3) is 0.294. The molecule has 1 aromatic carbocycles. The molecule has 3 heterocycles. The van der Waals surface area contributed by atoms with Crippen LogP contribution in [0.1, 0.15) is 5.56 Å². The lowest BCUT2D eigenvalue weighted by atomic mass is 10.2. The van der Waals surface area contributed by atoms with Gasteiger partial charge in [-0.3, -0.25) is 0 Å². The first kappa shape index (κ1) is 18.4. The molecule has 0 amide bonds. The molecular formula is C17H18FN7O2S. The fourth-order valence-electron chi connectivity index (χ4n) is 3.09. The number of halogens is 1. The Bertz CT molecular complexity index is 1050. The standard InChI is InChI=1S/C17H18FN7O2S/c18-15-3-1-2-14(8-15)10-28(26,27)24-6-4-23(5-7-24)16-9-17(21-12-20-16)25-13-19-11-22-25/h1-3,8-9,11-13H,4-7,10H2. The van der Waals surface area contributed by atoms with Crippen molar-refractivity contribution in [2.24, 2.45) is 0 Å². The van der Waals surface area contributed by atoms with Crippen molar-refractivity contribution in [1.29, 1.82) is 0 Å². The zero-order valence-corrected chi connectivity index (χ0v) is 15.7. The summed E-state index contributed by atoms with van der Waals surface area (Å²) in [5.41, 5.74) is 0.440. The van der Waals surface area contributed by atoms with Gasteiger partial charge in [-0.1, -0.05) is 12.1 Å². The highest BCUT2D eigenvalue weighted by molar-refractivity contribution is 7.88. The van der Waals surface area contributed by atoms with Crippen LogP contribution in [0.4, 0.5) is 10.2 Å². The quantitative estimate of drug-likeness (QED) is 0.623. The maximum absolute atomic E-state index is 13.3. The second-order valence-corrected chi connectivity index (χ2v) is 8.32. The highest BCUT2D eigenvalue weighted by atomic mass is 32.2. The predicted molar refractivity (Wildman–Crippen MR) is 99.8 cm³/mol. The molecule has 3 aromatic rings. The van der Waals surface area contributed by atoms with Gasteiger partial charge in [0.2, 0.25) is 10.0 Å². The third kappa shape index (κ3) is 3.99. The summed E-state index contributed by atoms with van der Waals surface area (Å²) in [4.78, 5) is 14.3. The van der Waals surface area contributed by atoms with E-state index in [0.717, 1.165) is 0 Å². The van der Waals surface area contributed by atoms with Crippen LogP contribution in [0.2, 0.25) is 0 Å². The highest BCUT2D eigenvalue weighted by Gasteiger charge is 2.28. The minimum absolute atomic E-state index is 0.214. The van der Waals surface area contributed by atoms with Gasteiger partial charge in [0.05, 0.1) is 5.75 Å². The molecule has 0 unspecified atom stereocenters. The number of hydrogen-bond donors (Lipinski definition) is 0. The van der Waals surface area contributed by atoms with Crippen LogP contribution in [0.5, 0.6) is 0 Å². The van der Waals surface area contributed by atoms with Crippen molar-refractivity contribution in [3.63, 3.8) is 0 Å². The second kappa shape index (κ2) is 7.60. The molecule has 0 spiro atoms. The summed E-state index contributed by atoms with van der Waals surface area (Å²) < 4.78 is 41.6. The molecule has 0 bridgehead atoms. The summed E-state index contributed by atoms with van der Waals surface area (Å²) in [6.45, 7) is 1.66. The molecule has 28 heavy (non-hydrogen) atoms. The molecule has 0 N–H and O–H groups in total. The molecule has 1 aliphatic rings. The Morgan fingerprint density at radius 1 is 1.00 bits per heavy atom. The first-order valence-electron chi connectivity index (χ1n) is 8.65. The molecule has 9 nitrogen and oxygen atoms in total. The number of nitrogens with zero attached hydrogens (tertiary/aromatic N) is 7. The molecule has 0 radical (unpaired) electrons. The van der Waals surface area contributed by atoms with E-state index in [9.17, 15) is 12.8 Å². The van der Waals surface area contributed by atoms with Crippen molar-refractivity contribution in [2.45, 2.75) is 5.75 Å². The maximum atomic E-state index is 13.3. The summed E-state index contributed by atoms with van der Waals surface area (Å²) >= 11 is 0. The van der Waals surface area contributed by atoms with Crippen molar-refractivity contribution < 1.29 is 12.8 Å². The lowest BCUT2D eigenvalue weighted by Gasteiger charge is -2.34. The van der Waals surface area contributed by atoms with E-state index in [4.69, 9.17) is 0 Å². The molecular weight excluding hydrogens is 385 g/mol. The number of aromatic nitrogens is 5. The lowest BCUT2D eigenvalue weighted by Crippen LogP contribution is -2.49. The van der Waals surface area contributed by atoms with E-state index < -0.39 is 15.8 Å². The lowest BCUT2D eigenvalue weighted by molar-refractivity contribution is 0.383. The number of anilines is 1. The van der Waals surface area contributed by atoms with Gasteiger partial charge >= 0.3 is 0 Å². The smallest absolute Gasteiger partial charge is 0.218 e. The van der Waals surface area contributed by atoms with Crippen LogP contribution < -0.4 is 4.90 Å². The van der Waals surface area contributed by atoms with Gasteiger partial charge in [-0.05, 0) is 17.7 Å². The van der Waals surface area contributed by atoms with Crippen molar-refractivity contribution in [2.75, 3.05) is 31.1 Å². The predicted octanol–water partition coefficient (Wildman–Crippen LogP) is 0.848. The van der Waals surface area contributed by atoms with Crippen LogP contribution in [0.3, 0.4) is 0 Å². The topological polar surface area (TPSA) is 97.1 Å². The summed E-state index contributed by atoms with van der Waals surface area (Å²) in [6.07, 6.45) is 4.41. The van der Waals surface area contributed by atoms with Gasteiger partial charge in [0.25, 0.3) is 0 Å². The Labute approximate surface area is 161 Å². The molecule has 1 aliphatic heterocycles. The van der Waals surface area contributed by atoms with Gasteiger partial charge in [-0.15, -0.1) is 0 Å². The molecule has 1 saturated heterocycles. The third-order valence-corrected chi connectivity index (χ3v) is 6.34. The first-order valence-corrected chi connectivity index (χ1v) is 10.3. The van der Waals surface area contributed by atoms with E-state index in [1.54, 1.807) is 18.5 Å². The van der Waals surface area contributed by atoms with Gasteiger partial charge in [0, 0.05) is 32.2 Å². The van der Waals surface area contributed by atoms with Crippen molar-refractivity contribution in [3.05, 3.63) is 60.7 Å². The Balaban J connectivity index is 1.42. The van der Waals surface area contributed by atoms with Gasteiger partial charge < -0.3 is 4.90 Å². The van der Waals surface area contributed by atoms with E-state index in [0.29, 0.717) is 43.4 Å². The van der Waals surface area contributed by atoms with Gasteiger partial charge in [-0.25, -0.2) is 32.4 Å². The molecule has 0 saturated carbocycles. The average molecular weight is 403 g/mol. The van der Waals surface area contributed by atoms with E-state index in [1.807, 2.05) is 4.90 Å². The van der Waals surface area contributed by atoms with Crippen LogP contribution in [0, 0.1) is 5.82 Å². The van der Waals surface area contributed by atoms with Crippen molar-refractivity contribution in [1.82, 2.24) is 29.0 Å². The van der Waals surface area contributed by atoms with E-state index in [2.05, 4.69) is 20.1 Å². The summed E-state index contributed by atoms with van der Waals surface area (Å²) in [6, 6.07) is 7.46. The normalized spacial score (nSPS) is 15.7. The van der Waals surface area contributed by atoms with Crippen molar-refractivity contribution >= 4 is 15.8 Å². The zero-order valence-electron chi connectivity index (χ0n) is 14.9. The maximum Gasteiger partial charge on any atom is 0.218 e. The third-order valence-electron chi connectivity index (χ3n) is 4.49. The minimum atomic E-state index is -3.52. The molecule has 1 fully saturated rings. The van der Waals surface area contributed by atoms with E-state index in [1.165, 1.54) is 39.8 Å². The molecule has 2 aromatic heterocycles. The summed E-state index contributed by atoms with van der Waals surface area (Å²) in [5.74, 6) is 0.630. The monoisotopic (exact) mass is 403 g/mol. The molecule has 11 heteroatoms. The Kier molecular flexibility index (Phi) is 5.01. The van der Waals surface area contributed by atoms with Crippen LogP contribution >= 0.6 is 0 Å². The first-order chi connectivity index (χ1) is 13.5. The van der Waals surface area contributed by atoms with Crippen molar-refractivity contribution in [3.8, 4) is 5.82 Å². The molecule has 146 valence electrons. The number of benzene rings is 1. The Hall–Kier alpha value is -2.92. The summed E-state index contributed by atoms with van der Waals surface area (Å²) in [7, 11) is -3.52.